The summed E-state index contributed by atoms with van der Waals surface area (Å²) in [7, 11) is 0. The van der Waals surface area contributed by atoms with Crippen molar-refractivity contribution >= 4 is 11.5 Å². The first kappa shape index (κ1) is 15.5. The van der Waals surface area contributed by atoms with Crippen molar-refractivity contribution in [3.8, 4) is 0 Å². The van der Waals surface area contributed by atoms with Crippen LogP contribution in [-0.2, 0) is 42.2 Å². The van der Waals surface area contributed by atoms with Gasteiger partial charge in [-0.25, -0.2) is 0 Å². The van der Waals surface area contributed by atoms with Crippen molar-refractivity contribution in [1.82, 2.24) is 0 Å². The molecule has 1 aliphatic heterocycles. The molecule has 83 valence electrons. The van der Waals surface area contributed by atoms with E-state index < -0.39 is 0 Å². The van der Waals surface area contributed by atoms with Crippen molar-refractivity contribution in [3.05, 3.63) is 42.0 Å². The maximum absolute atomic E-state index is 10.9. The fourth-order valence-corrected chi connectivity index (χ4v) is 1.39. The molecule has 0 aliphatic carbocycles. The summed E-state index contributed by atoms with van der Waals surface area (Å²) in [6.07, 6.45) is 2.50. The van der Waals surface area contributed by atoms with E-state index in [0.29, 0.717) is 0 Å². The van der Waals surface area contributed by atoms with Gasteiger partial charge < -0.3 is 4.74 Å². The Hall–Kier alpha value is -0.466. The van der Waals surface area contributed by atoms with Gasteiger partial charge in [0.25, 0.3) is 0 Å². The molecular formula is C13H15O2Y-. The van der Waals surface area contributed by atoms with Gasteiger partial charge in [0.2, 0.25) is 5.97 Å². The number of hydrogen-bond acceptors (Lipinski definition) is 2. The van der Waals surface area contributed by atoms with Crippen molar-refractivity contribution in [3.63, 3.8) is 0 Å². The van der Waals surface area contributed by atoms with Crippen LogP contribution in [0.4, 0.5) is 0 Å². The molecule has 1 radical (unpaired) electrons. The molecule has 2 rings (SSSR count). The summed E-state index contributed by atoms with van der Waals surface area (Å²) in [5.41, 5.74) is 1.84. The van der Waals surface area contributed by atoms with Gasteiger partial charge in [-0.1, -0.05) is 32.0 Å². The SMILES string of the molecule is CC.CC1OC(=O)[C-]=C1c1ccccc1.[Y]. The fraction of sp³-hybridized carbons (Fsp3) is 0.308. The summed E-state index contributed by atoms with van der Waals surface area (Å²) < 4.78 is 4.94. The molecule has 0 saturated heterocycles. The Bertz CT molecular complexity index is 357. The summed E-state index contributed by atoms with van der Waals surface area (Å²) in [6.45, 7) is 5.85. The first-order valence-electron chi connectivity index (χ1n) is 5.17. The zero-order chi connectivity index (χ0) is 11.3. The molecule has 1 heterocycles. The Morgan fingerprint density at radius 3 is 2.19 bits per heavy atom. The van der Waals surface area contributed by atoms with Gasteiger partial charge in [-0.15, -0.1) is 12.1 Å². The second-order valence-corrected chi connectivity index (χ2v) is 2.95. The first-order chi connectivity index (χ1) is 7.27. The van der Waals surface area contributed by atoms with Crippen LogP contribution in [0.5, 0.6) is 0 Å². The zero-order valence-corrected chi connectivity index (χ0v) is 12.7. The molecule has 0 saturated carbocycles. The Balaban J connectivity index is 0.000000711. The molecule has 1 aliphatic rings. The van der Waals surface area contributed by atoms with E-state index in [1.165, 1.54) is 0 Å². The van der Waals surface area contributed by atoms with Crippen LogP contribution in [0, 0.1) is 6.08 Å². The zero-order valence-electron chi connectivity index (χ0n) is 9.86. The molecule has 1 atom stereocenters. The van der Waals surface area contributed by atoms with Gasteiger partial charge in [0.1, 0.15) is 0 Å². The van der Waals surface area contributed by atoms with Gasteiger partial charge >= 0.3 is 0 Å². The van der Waals surface area contributed by atoms with Crippen molar-refractivity contribution in [2.45, 2.75) is 26.9 Å². The molecule has 0 fully saturated rings. The molecule has 1 aromatic rings. The number of cyclic esters (lactones) is 1. The molecule has 0 amide bonds. The maximum atomic E-state index is 10.9. The van der Waals surface area contributed by atoms with Crippen molar-refractivity contribution in [2.24, 2.45) is 0 Å². The molecule has 0 bridgehead atoms. The number of rotatable bonds is 1. The van der Waals surface area contributed by atoms with Gasteiger partial charge in [0.05, 0.1) is 6.10 Å². The Kier molecular flexibility index (Phi) is 7.52. The van der Waals surface area contributed by atoms with Crippen LogP contribution >= 0.6 is 0 Å². The quantitative estimate of drug-likeness (QED) is 0.587. The van der Waals surface area contributed by atoms with E-state index in [1.807, 2.05) is 51.1 Å². The minimum absolute atomic E-state index is 0. The van der Waals surface area contributed by atoms with Gasteiger partial charge in [0, 0.05) is 32.7 Å². The summed E-state index contributed by atoms with van der Waals surface area (Å²) in [4.78, 5) is 10.9. The standard InChI is InChI=1S/C11H9O2.C2H6.Y/c1-8-10(7-11(12)13-8)9-5-3-2-4-6-9;1-2;/h2-6,8H,1H3;1-2H3;/q-1;;. The average Bonchev–Trinajstić information content (AvgIpc) is 2.62. The number of ether oxygens (including phenoxy) is 1. The molecule has 0 N–H and O–H groups in total. The van der Waals surface area contributed by atoms with Crippen molar-refractivity contribution in [1.29, 1.82) is 0 Å². The van der Waals surface area contributed by atoms with Crippen molar-refractivity contribution < 1.29 is 42.2 Å². The van der Waals surface area contributed by atoms with Crippen LogP contribution in [0.3, 0.4) is 0 Å². The average molecular weight is 292 g/mol. The van der Waals surface area contributed by atoms with Crippen molar-refractivity contribution in [2.75, 3.05) is 0 Å². The molecule has 0 spiro atoms. The minimum Gasteiger partial charge on any atom is -0.472 e. The molecular weight excluding hydrogens is 277 g/mol. The molecule has 3 heteroatoms. The van der Waals surface area contributed by atoms with Crippen LogP contribution < -0.4 is 0 Å². The maximum Gasteiger partial charge on any atom is 0.238 e. The Labute approximate surface area is 122 Å². The molecule has 1 unspecified atom stereocenters. The summed E-state index contributed by atoms with van der Waals surface area (Å²) >= 11 is 0. The van der Waals surface area contributed by atoms with E-state index in [2.05, 4.69) is 6.08 Å². The molecule has 1 aromatic carbocycles. The predicted octanol–water partition coefficient (Wildman–Crippen LogP) is 2.84. The van der Waals surface area contributed by atoms with Gasteiger partial charge in [-0.2, -0.15) is 17.2 Å². The summed E-state index contributed by atoms with van der Waals surface area (Å²) in [6, 6.07) is 9.69. The topological polar surface area (TPSA) is 26.3 Å². The predicted molar refractivity (Wildman–Crippen MR) is 60.0 cm³/mol. The van der Waals surface area contributed by atoms with Crippen LogP contribution in [0.1, 0.15) is 26.3 Å². The molecule has 16 heavy (non-hydrogen) atoms. The van der Waals surface area contributed by atoms with Gasteiger partial charge in [-0.05, 0) is 6.92 Å². The van der Waals surface area contributed by atoms with E-state index in [-0.39, 0.29) is 44.8 Å². The van der Waals surface area contributed by atoms with Crippen LogP contribution in [-0.4, -0.2) is 12.1 Å². The first-order valence-corrected chi connectivity index (χ1v) is 5.17. The fourth-order valence-electron chi connectivity index (χ4n) is 1.39. The number of benzene rings is 1. The normalized spacial score (nSPS) is 17.6. The summed E-state index contributed by atoms with van der Waals surface area (Å²) in [5, 5.41) is 0. The third-order valence-corrected chi connectivity index (χ3v) is 2.01. The van der Waals surface area contributed by atoms with Crippen LogP contribution in [0.2, 0.25) is 0 Å². The van der Waals surface area contributed by atoms with E-state index in [0.717, 1.165) is 11.1 Å². The van der Waals surface area contributed by atoms with E-state index in [9.17, 15) is 4.79 Å². The Morgan fingerprint density at radius 2 is 1.75 bits per heavy atom. The number of carbonyl (C=O) groups excluding carboxylic acids is 1. The van der Waals surface area contributed by atoms with E-state index >= 15 is 0 Å². The monoisotopic (exact) mass is 292 g/mol. The number of esters is 1. The van der Waals surface area contributed by atoms with Crippen LogP contribution in [0.15, 0.2) is 30.3 Å². The molecule has 2 nitrogen and oxygen atoms in total. The smallest absolute Gasteiger partial charge is 0.238 e. The third-order valence-electron chi connectivity index (χ3n) is 2.01. The second-order valence-electron chi connectivity index (χ2n) is 2.95. The number of carbonyl (C=O) groups is 1. The summed E-state index contributed by atoms with van der Waals surface area (Å²) in [5.74, 6) is -0.369. The second kappa shape index (κ2) is 7.75. The van der Waals surface area contributed by atoms with Gasteiger partial charge in [0.15, 0.2) is 0 Å². The molecule has 0 aromatic heterocycles. The van der Waals surface area contributed by atoms with Gasteiger partial charge in [-0.3, -0.25) is 4.79 Å². The number of hydrogen-bond donors (Lipinski definition) is 0. The Morgan fingerprint density at radius 1 is 1.19 bits per heavy atom. The van der Waals surface area contributed by atoms with E-state index in [4.69, 9.17) is 4.74 Å². The third kappa shape index (κ3) is 3.84. The largest absolute Gasteiger partial charge is 0.472 e. The van der Waals surface area contributed by atoms with Crippen LogP contribution in [0.25, 0.3) is 5.57 Å². The van der Waals surface area contributed by atoms with E-state index in [1.54, 1.807) is 0 Å². The minimum atomic E-state index is -0.369.